The van der Waals surface area contributed by atoms with Crippen LogP contribution in [0.3, 0.4) is 0 Å². The second-order valence-electron chi connectivity index (χ2n) is 7.30. The smallest absolute Gasteiger partial charge is 0.308 e. The number of rotatable bonds is 5. The Labute approximate surface area is 181 Å². The van der Waals surface area contributed by atoms with Gasteiger partial charge in [-0.05, 0) is 59.7 Å². The third-order valence-electron chi connectivity index (χ3n) is 5.08. The normalized spacial score (nSPS) is 13.5. The highest BCUT2D eigenvalue weighted by Crippen LogP contribution is 2.24. The largest absolute Gasteiger partial charge is 0.427 e. The van der Waals surface area contributed by atoms with Gasteiger partial charge in [0.2, 0.25) is 0 Å². The number of nitrogens with one attached hydrogen (secondary N) is 1. The summed E-state index contributed by atoms with van der Waals surface area (Å²) in [6.07, 6.45) is 0. The molecule has 1 aliphatic heterocycles. The molecular weight excluding hydrogens is 392 g/mol. The Bertz CT molecular complexity index is 1060. The lowest BCUT2D eigenvalue weighted by molar-refractivity contribution is -0.131. The molecule has 1 aliphatic rings. The Balaban J connectivity index is 1.43. The van der Waals surface area contributed by atoms with E-state index in [0.29, 0.717) is 11.3 Å². The predicted octanol–water partition coefficient (Wildman–Crippen LogP) is 4.37. The van der Waals surface area contributed by atoms with Crippen molar-refractivity contribution in [2.45, 2.75) is 6.92 Å². The minimum atomic E-state index is -0.357. The molecule has 0 bridgehead atoms. The van der Waals surface area contributed by atoms with E-state index in [-0.39, 0.29) is 11.9 Å². The van der Waals surface area contributed by atoms with Crippen molar-refractivity contribution in [1.29, 1.82) is 0 Å². The average molecular weight is 416 g/mol. The summed E-state index contributed by atoms with van der Waals surface area (Å²) in [4.78, 5) is 26.1. The van der Waals surface area contributed by atoms with Crippen molar-refractivity contribution < 1.29 is 19.1 Å². The molecular formula is C25H24N2O4. The maximum atomic E-state index is 12.8. The molecule has 3 aromatic carbocycles. The molecule has 3 aromatic rings. The number of amides is 1. The monoisotopic (exact) mass is 416 g/mol. The summed E-state index contributed by atoms with van der Waals surface area (Å²) in [5.74, 6) is -0.0347. The van der Waals surface area contributed by atoms with E-state index in [1.54, 1.807) is 18.2 Å². The van der Waals surface area contributed by atoms with Crippen LogP contribution in [0.25, 0.3) is 11.1 Å². The zero-order valence-corrected chi connectivity index (χ0v) is 17.3. The molecule has 0 aliphatic carbocycles. The molecule has 1 heterocycles. The van der Waals surface area contributed by atoms with Gasteiger partial charge in [0.05, 0.1) is 13.2 Å². The quantitative estimate of drug-likeness (QED) is 0.494. The van der Waals surface area contributed by atoms with Crippen LogP contribution in [0.2, 0.25) is 0 Å². The number of hydrogen-bond donors (Lipinski definition) is 1. The number of carbonyl (C=O) groups excluding carboxylic acids is 2. The van der Waals surface area contributed by atoms with Crippen LogP contribution in [0, 0.1) is 0 Å². The lowest BCUT2D eigenvalue weighted by Gasteiger charge is -2.28. The second-order valence-corrected chi connectivity index (χ2v) is 7.30. The third-order valence-corrected chi connectivity index (χ3v) is 5.08. The highest BCUT2D eigenvalue weighted by atomic mass is 16.5. The van der Waals surface area contributed by atoms with E-state index in [9.17, 15) is 9.59 Å². The first kappa shape index (κ1) is 20.6. The van der Waals surface area contributed by atoms with Crippen LogP contribution in [0.5, 0.6) is 5.75 Å². The first-order chi connectivity index (χ1) is 15.1. The topological polar surface area (TPSA) is 67.9 Å². The third kappa shape index (κ3) is 5.29. The van der Waals surface area contributed by atoms with Crippen LogP contribution in [-0.2, 0) is 9.53 Å². The summed E-state index contributed by atoms with van der Waals surface area (Å²) >= 11 is 0. The van der Waals surface area contributed by atoms with Crippen LogP contribution in [0.1, 0.15) is 17.3 Å². The van der Waals surface area contributed by atoms with E-state index in [2.05, 4.69) is 10.2 Å². The fraction of sp³-hybridized carbons (Fsp3) is 0.200. The summed E-state index contributed by atoms with van der Waals surface area (Å²) in [7, 11) is 0. The Hall–Kier alpha value is -3.64. The van der Waals surface area contributed by atoms with Crippen LogP contribution >= 0.6 is 0 Å². The molecule has 1 N–H and O–H groups in total. The van der Waals surface area contributed by atoms with Gasteiger partial charge >= 0.3 is 5.97 Å². The highest BCUT2D eigenvalue weighted by Gasteiger charge is 2.12. The zero-order valence-electron chi connectivity index (χ0n) is 17.3. The molecule has 0 spiro atoms. The van der Waals surface area contributed by atoms with Crippen molar-refractivity contribution >= 4 is 23.3 Å². The Morgan fingerprint density at radius 1 is 0.903 bits per heavy atom. The number of benzene rings is 3. The molecule has 4 rings (SSSR count). The molecule has 158 valence electrons. The first-order valence-corrected chi connectivity index (χ1v) is 10.2. The first-order valence-electron chi connectivity index (χ1n) is 10.2. The standard InChI is InChI=1S/C25H24N2O4/c1-18(28)31-24-11-5-19(6-12-24)20-3-2-4-21(17-20)25(29)26-22-7-9-23(10-8-22)27-13-15-30-16-14-27/h2-12,17H,13-16H2,1H3,(H,26,29). The van der Waals surface area contributed by atoms with Crippen molar-refractivity contribution in [3.63, 3.8) is 0 Å². The van der Waals surface area contributed by atoms with Gasteiger partial charge in [-0.25, -0.2) is 0 Å². The van der Waals surface area contributed by atoms with Crippen LogP contribution in [0.15, 0.2) is 72.8 Å². The van der Waals surface area contributed by atoms with Crippen molar-refractivity contribution in [2.75, 3.05) is 36.5 Å². The lowest BCUT2D eigenvalue weighted by Crippen LogP contribution is -2.36. The Morgan fingerprint density at radius 3 is 2.29 bits per heavy atom. The molecule has 0 radical (unpaired) electrons. The number of morpholine rings is 1. The molecule has 0 aromatic heterocycles. The van der Waals surface area contributed by atoms with Gasteiger partial charge in [0, 0.05) is 37.0 Å². The fourth-order valence-corrected chi connectivity index (χ4v) is 3.50. The van der Waals surface area contributed by atoms with Gasteiger partial charge in [-0.15, -0.1) is 0 Å². The number of carbonyl (C=O) groups is 2. The number of hydrogen-bond acceptors (Lipinski definition) is 5. The van der Waals surface area contributed by atoms with Gasteiger partial charge in [-0.3, -0.25) is 9.59 Å². The number of esters is 1. The molecule has 31 heavy (non-hydrogen) atoms. The van der Waals surface area contributed by atoms with E-state index in [1.807, 2.05) is 54.6 Å². The molecule has 1 amide bonds. The molecule has 0 saturated carbocycles. The summed E-state index contributed by atoms with van der Waals surface area (Å²) in [5, 5.41) is 2.96. The Morgan fingerprint density at radius 2 is 1.61 bits per heavy atom. The SMILES string of the molecule is CC(=O)Oc1ccc(-c2cccc(C(=O)Nc3ccc(N4CCOCC4)cc3)c2)cc1. The van der Waals surface area contributed by atoms with Crippen molar-refractivity contribution in [2.24, 2.45) is 0 Å². The van der Waals surface area contributed by atoms with E-state index < -0.39 is 0 Å². The molecule has 0 atom stereocenters. The van der Waals surface area contributed by atoms with Crippen LogP contribution < -0.4 is 15.0 Å². The Kier molecular flexibility index (Phi) is 6.29. The summed E-state index contributed by atoms with van der Waals surface area (Å²) < 4.78 is 10.5. The van der Waals surface area contributed by atoms with Crippen molar-refractivity contribution in [3.8, 4) is 16.9 Å². The summed E-state index contributed by atoms with van der Waals surface area (Å²) in [6, 6.07) is 22.5. The van der Waals surface area contributed by atoms with E-state index >= 15 is 0 Å². The maximum absolute atomic E-state index is 12.8. The maximum Gasteiger partial charge on any atom is 0.308 e. The molecule has 6 heteroatoms. The number of ether oxygens (including phenoxy) is 2. The highest BCUT2D eigenvalue weighted by molar-refractivity contribution is 6.05. The molecule has 1 fully saturated rings. The van der Waals surface area contributed by atoms with Crippen molar-refractivity contribution in [1.82, 2.24) is 0 Å². The predicted molar refractivity (Wildman–Crippen MR) is 121 cm³/mol. The van der Waals surface area contributed by atoms with Crippen LogP contribution in [0.4, 0.5) is 11.4 Å². The van der Waals surface area contributed by atoms with E-state index in [4.69, 9.17) is 9.47 Å². The average Bonchev–Trinajstić information content (AvgIpc) is 2.80. The summed E-state index contributed by atoms with van der Waals surface area (Å²) in [6.45, 7) is 4.59. The minimum Gasteiger partial charge on any atom is -0.427 e. The molecule has 0 unspecified atom stereocenters. The van der Waals surface area contributed by atoms with Gasteiger partial charge < -0.3 is 19.7 Å². The van der Waals surface area contributed by atoms with E-state index in [1.165, 1.54) is 6.92 Å². The number of anilines is 2. The fourth-order valence-electron chi connectivity index (χ4n) is 3.50. The summed E-state index contributed by atoms with van der Waals surface area (Å²) in [5.41, 5.74) is 4.28. The molecule has 6 nitrogen and oxygen atoms in total. The lowest BCUT2D eigenvalue weighted by atomic mass is 10.0. The van der Waals surface area contributed by atoms with Gasteiger partial charge in [-0.2, -0.15) is 0 Å². The van der Waals surface area contributed by atoms with Gasteiger partial charge in [-0.1, -0.05) is 24.3 Å². The van der Waals surface area contributed by atoms with Crippen molar-refractivity contribution in [3.05, 3.63) is 78.4 Å². The van der Waals surface area contributed by atoms with Crippen LogP contribution in [-0.4, -0.2) is 38.2 Å². The number of nitrogens with zero attached hydrogens (tertiary/aromatic N) is 1. The zero-order chi connectivity index (χ0) is 21.6. The van der Waals surface area contributed by atoms with Gasteiger partial charge in [0.25, 0.3) is 5.91 Å². The molecule has 1 saturated heterocycles. The minimum absolute atomic E-state index is 0.169. The van der Waals surface area contributed by atoms with Gasteiger partial charge in [0.15, 0.2) is 0 Å². The van der Waals surface area contributed by atoms with Gasteiger partial charge in [0.1, 0.15) is 5.75 Å². The second kappa shape index (κ2) is 9.45. The van der Waals surface area contributed by atoms with E-state index in [0.717, 1.165) is 48.8 Å².